The minimum atomic E-state index is 0.450. The van der Waals surface area contributed by atoms with E-state index in [0.29, 0.717) is 11.4 Å². The molecule has 1 heterocycles. The van der Waals surface area contributed by atoms with Crippen LogP contribution in [0.3, 0.4) is 0 Å². The van der Waals surface area contributed by atoms with E-state index in [-0.39, 0.29) is 0 Å². The van der Waals surface area contributed by atoms with E-state index in [1.165, 1.54) is 0 Å². The molecular formula is C12H9BrN2O. The molecule has 0 saturated heterocycles. The maximum atomic E-state index is 10.7. The van der Waals surface area contributed by atoms with Gasteiger partial charge in [0.15, 0.2) is 0 Å². The minimum Gasteiger partial charge on any atom is -0.383 e. The molecule has 2 aromatic rings. The molecule has 0 radical (unpaired) electrons. The molecule has 0 spiro atoms. The van der Waals surface area contributed by atoms with Gasteiger partial charge in [0.1, 0.15) is 12.1 Å². The third-order valence-corrected chi connectivity index (χ3v) is 2.65. The van der Waals surface area contributed by atoms with E-state index in [0.717, 1.165) is 21.9 Å². The molecule has 0 aliphatic rings. The highest BCUT2D eigenvalue weighted by atomic mass is 79.9. The van der Waals surface area contributed by atoms with Crippen molar-refractivity contribution in [3.8, 4) is 11.1 Å². The number of nitrogens with two attached hydrogens (primary N) is 1. The van der Waals surface area contributed by atoms with Crippen molar-refractivity contribution < 1.29 is 4.79 Å². The van der Waals surface area contributed by atoms with Gasteiger partial charge in [-0.2, -0.15) is 0 Å². The highest BCUT2D eigenvalue weighted by Gasteiger charge is 2.05. The maximum Gasteiger partial charge on any atom is 0.150 e. The second-order valence-corrected chi connectivity index (χ2v) is 4.25. The molecule has 0 aliphatic heterocycles. The van der Waals surface area contributed by atoms with Gasteiger partial charge in [-0.05, 0) is 33.6 Å². The number of hydrogen-bond donors (Lipinski definition) is 1. The fourth-order valence-electron chi connectivity index (χ4n) is 1.46. The number of pyridine rings is 1. The summed E-state index contributed by atoms with van der Waals surface area (Å²) in [6, 6.07) is 9.13. The van der Waals surface area contributed by atoms with E-state index in [4.69, 9.17) is 5.73 Å². The number of carbonyl (C=O) groups is 1. The Labute approximate surface area is 101 Å². The van der Waals surface area contributed by atoms with Gasteiger partial charge < -0.3 is 5.73 Å². The summed E-state index contributed by atoms with van der Waals surface area (Å²) in [4.78, 5) is 14.7. The number of halogens is 1. The van der Waals surface area contributed by atoms with Crippen LogP contribution in [0.25, 0.3) is 11.1 Å². The first kappa shape index (κ1) is 10.8. The largest absolute Gasteiger partial charge is 0.383 e. The van der Waals surface area contributed by atoms with Crippen LogP contribution in [0.4, 0.5) is 5.82 Å². The summed E-state index contributed by atoms with van der Waals surface area (Å²) in [5, 5.41) is 0. The molecule has 2 rings (SSSR count). The van der Waals surface area contributed by atoms with Crippen molar-refractivity contribution in [2.75, 3.05) is 5.73 Å². The van der Waals surface area contributed by atoms with Crippen LogP contribution in [-0.2, 0) is 0 Å². The number of hydrogen-bond acceptors (Lipinski definition) is 3. The number of anilines is 1. The van der Waals surface area contributed by atoms with Crippen molar-refractivity contribution in [2.24, 2.45) is 0 Å². The van der Waals surface area contributed by atoms with Crippen molar-refractivity contribution in [3.63, 3.8) is 0 Å². The lowest BCUT2D eigenvalue weighted by Crippen LogP contribution is -1.94. The Morgan fingerprint density at radius 2 is 2.12 bits per heavy atom. The second kappa shape index (κ2) is 4.45. The number of rotatable bonds is 2. The molecule has 1 aromatic carbocycles. The SMILES string of the molecule is Nc1ncc(Br)cc1-c1cccc(C=O)c1. The number of nitrogens with zero attached hydrogens (tertiary/aromatic N) is 1. The van der Waals surface area contributed by atoms with Crippen molar-refractivity contribution >= 4 is 28.0 Å². The molecule has 4 heteroatoms. The predicted octanol–water partition coefficient (Wildman–Crippen LogP) is 2.91. The average molecular weight is 277 g/mol. The van der Waals surface area contributed by atoms with Gasteiger partial charge >= 0.3 is 0 Å². The minimum absolute atomic E-state index is 0.450. The number of benzene rings is 1. The topological polar surface area (TPSA) is 56.0 Å². The highest BCUT2D eigenvalue weighted by molar-refractivity contribution is 9.10. The molecule has 0 saturated carbocycles. The Balaban J connectivity index is 2.57. The molecule has 0 bridgehead atoms. The first-order valence-electron chi connectivity index (χ1n) is 4.67. The van der Waals surface area contributed by atoms with Gasteiger partial charge in [0.2, 0.25) is 0 Å². The molecule has 2 N–H and O–H groups in total. The zero-order valence-electron chi connectivity index (χ0n) is 8.35. The van der Waals surface area contributed by atoms with Crippen LogP contribution in [0.1, 0.15) is 10.4 Å². The molecule has 3 nitrogen and oxygen atoms in total. The molecule has 80 valence electrons. The summed E-state index contributed by atoms with van der Waals surface area (Å²) >= 11 is 3.34. The van der Waals surface area contributed by atoms with E-state index in [1.54, 1.807) is 18.3 Å². The van der Waals surface area contributed by atoms with Gasteiger partial charge in [-0.3, -0.25) is 4.79 Å². The summed E-state index contributed by atoms with van der Waals surface area (Å²) in [6.45, 7) is 0. The first-order valence-corrected chi connectivity index (χ1v) is 5.46. The van der Waals surface area contributed by atoms with Crippen molar-refractivity contribution in [1.29, 1.82) is 0 Å². The lowest BCUT2D eigenvalue weighted by Gasteiger charge is -2.05. The van der Waals surface area contributed by atoms with Crippen molar-refractivity contribution in [1.82, 2.24) is 4.98 Å². The Bertz CT molecular complexity index is 540. The van der Waals surface area contributed by atoms with Crippen LogP contribution < -0.4 is 5.73 Å². The van der Waals surface area contributed by atoms with Crippen molar-refractivity contribution in [3.05, 3.63) is 46.6 Å². The molecule has 16 heavy (non-hydrogen) atoms. The highest BCUT2D eigenvalue weighted by Crippen LogP contribution is 2.27. The maximum absolute atomic E-state index is 10.7. The van der Waals surface area contributed by atoms with Crippen LogP contribution in [0.2, 0.25) is 0 Å². The Morgan fingerprint density at radius 1 is 1.31 bits per heavy atom. The van der Waals surface area contributed by atoms with Gasteiger partial charge in [-0.15, -0.1) is 0 Å². The summed E-state index contributed by atoms with van der Waals surface area (Å²) in [5.41, 5.74) is 8.12. The molecule has 0 fully saturated rings. The Hall–Kier alpha value is -1.68. The van der Waals surface area contributed by atoms with Crippen LogP contribution in [0.15, 0.2) is 41.0 Å². The van der Waals surface area contributed by atoms with Crippen LogP contribution in [-0.4, -0.2) is 11.3 Å². The van der Waals surface area contributed by atoms with E-state index in [9.17, 15) is 4.79 Å². The molecular weight excluding hydrogens is 268 g/mol. The summed E-state index contributed by atoms with van der Waals surface area (Å²) in [5.74, 6) is 0.450. The van der Waals surface area contributed by atoms with E-state index in [2.05, 4.69) is 20.9 Å². The Kier molecular flexibility index (Phi) is 3.01. The third kappa shape index (κ3) is 2.12. The Morgan fingerprint density at radius 3 is 2.88 bits per heavy atom. The van der Waals surface area contributed by atoms with Gasteiger partial charge in [0.05, 0.1) is 0 Å². The monoisotopic (exact) mass is 276 g/mol. The standard InChI is InChI=1S/C12H9BrN2O/c13-10-5-11(12(14)15-6-10)9-3-1-2-8(4-9)7-16/h1-7H,(H2,14,15). The van der Waals surface area contributed by atoms with Crippen LogP contribution >= 0.6 is 15.9 Å². The fourth-order valence-corrected chi connectivity index (χ4v) is 1.79. The smallest absolute Gasteiger partial charge is 0.150 e. The molecule has 0 amide bonds. The van der Waals surface area contributed by atoms with Gasteiger partial charge in [-0.1, -0.05) is 18.2 Å². The van der Waals surface area contributed by atoms with Gasteiger partial charge in [0.25, 0.3) is 0 Å². The summed E-state index contributed by atoms with van der Waals surface area (Å²) in [6.07, 6.45) is 2.45. The number of aldehydes is 1. The molecule has 1 aromatic heterocycles. The number of carbonyl (C=O) groups excluding carboxylic acids is 1. The number of nitrogen functional groups attached to an aromatic ring is 1. The summed E-state index contributed by atoms with van der Waals surface area (Å²) < 4.78 is 0.855. The van der Waals surface area contributed by atoms with Crippen molar-refractivity contribution in [2.45, 2.75) is 0 Å². The summed E-state index contributed by atoms with van der Waals surface area (Å²) in [7, 11) is 0. The lowest BCUT2D eigenvalue weighted by molar-refractivity contribution is 0.112. The lowest BCUT2D eigenvalue weighted by atomic mass is 10.0. The third-order valence-electron chi connectivity index (χ3n) is 2.22. The van der Waals surface area contributed by atoms with E-state index >= 15 is 0 Å². The zero-order chi connectivity index (χ0) is 11.5. The van der Waals surface area contributed by atoms with E-state index in [1.807, 2.05) is 18.2 Å². The van der Waals surface area contributed by atoms with Crippen LogP contribution in [0.5, 0.6) is 0 Å². The van der Waals surface area contributed by atoms with Gasteiger partial charge in [0, 0.05) is 21.8 Å². The molecule has 0 unspecified atom stereocenters. The number of aromatic nitrogens is 1. The molecule has 0 atom stereocenters. The molecule has 0 aliphatic carbocycles. The van der Waals surface area contributed by atoms with Crippen LogP contribution in [0, 0.1) is 0 Å². The normalized spacial score (nSPS) is 10.1. The second-order valence-electron chi connectivity index (χ2n) is 3.33. The van der Waals surface area contributed by atoms with E-state index < -0.39 is 0 Å². The van der Waals surface area contributed by atoms with Gasteiger partial charge in [-0.25, -0.2) is 4.98 Å². The zero-order valence-corrected chi connectivity index (χ0v) is 9.94. The first-order chi connectivity index (χ1) is 7.70. The average Bonchev–Trinajstić information content (AvgIpc) is 2.32. The quantitative estimate of drug-likeness (QED) is 0.859. The predicted molar refractivity (Wildman–Crippen MR) is 67.2 cm³/mol. The fraction of sp³-hybridized carbons (Fsp3) is 0.